The molecule has 1 N–H and O–H groups in total. The molecule has 0 fully saturated rings. The lowest BCUT2D eigenvalue weighted by molar-refractivity contribution is -0.132. The standard InChI is InChI=1S/C22H27ClN2O2/c1-4-18-7-6-8-19(5-2)22(18)24-21(27)15-25(16(3)26)14-13-17-9-11-20(23)12-10-17/h6-12H,4-5,13-15H2,1-3H3,(H,24,27). The van der Waals surface area contributed by atoms with Crippen molar-refractivity contribution in [1.82, 2.24) is 4.90 Å². The highest BCUT2D eigenvalue weighted by Gasteiger charge is 2.16. The number of nitrogens with zero attached hydrogens (tertiary/aromatic N) is 1. The van der Waals surface area contributed by atoms with E-state index in [0.717, 1.165) is 35.2 Å². The van der Waals surface area contributed by atoms with Gasteiger partial charge in [0.05, 0.1) is 6.54 Å². The Kier molecular flexibility index (Phi) is 7.86. The van der Waals surface area contributed by atoms with Crippen molar-refractivity contribution in [2.24, 2.45) is 0 Å². The fourth-order valence-electron chi connectivity index (χ4n) is 3.02. The van der Waals surface area contributed by atoms with Crippen molar-refractivity contribution in [3.05, 3.63) is 64.2 Å². The number of anilines is 1. The van der Waals surface area contributed by atoms with E-state index in [-0.39, 0.29) is 18.4 Å². The Labute approximate surface area is 166 Å². The topological polar surface area (TPSA) is 49.4 Å². The summed E-state index contributed by atoms with van der Waals surface area (Å²) in [5.74, 6) is -0.282. The van der Waals surface area contributed by atoms with Gasteiger partial charge in [-0.1, -0.05) is 55.8 Å². The Bertz CT molecular complexity index is 765. The van der Waals surface area contributed by atoms with Crippen LogP contribution in [0.4, 0.5) is 5.69 Å². The van der Waals surface area contributed by atoms with Gasteiger partial charge in [-0.15, -0.1) is 0 Å². The van der Waals surface area contributed by atoms with Crippen molar-refractivity contribution in [2.45, 2.75) is 40.0 Å². The molecule has 0 atom stereocenters. The third-order valence-corrected chi connectivity index (χ3v) is 4.88. The molecular weight excluding hydrogens is 360 g/mol. The SMILES string of the molecule is CCc1cccc(CC)c1NC(=O)CN(CCc1ccc(Cl)cc1)C(C)=O. The van der Waals surface area contributed by atoms with Gasteiger partial charge in [-0.3, -0.25) is 9.59 Å². The minimum absolute atomic E-state index is 0.0458. The van der Waals surface area contributed by atoms with E-state index in [4.69, 9.17) is 11.6 Å². The van der Waals surface area contributed by atoms with Crippen LogP contribution in [0.3, 0.4) is 0 Å². The zero-order valence-corrected chi connectivity index (χ0v) is 17.0. The van der Waals surface area contributed by atoms with Crippen LogP contribution in [0, 0.1) is 0 Å². The number of halogens is 1. The molecule has 0 aliphatic carbocycles. The molecule has 0 saturated heterocycles. The number of carbonyl (C=O) groups is 2. The average molecular weight is 387 g/mol. The molecule has 0 unspecified atom stereocenters. The van der Waals surface area contributed by atoms with Crippen molar-refractivity contribution in [2.75, 3.05) is 18.4 Å². The number of para-hydroxylation sites is 1. The lowest BCUT2D eigenvalue weighted by Gasteiger charge is -2.22. The minimum atomic E-state index is -0.170. The molecule has 2 rings (SSSR count). The van der Waals surface area contributed by atoms with Crippen LogP contribution >= 0.6 is 11.6 Å². The zero-order valence-electron chi connectivity index (χ0n) is 16.2. The number of hydrogen-bond donors (Lipinski definition) is 1. The van der Waals surface area contributed by atoms with E-state index in [0.29, 0.717) is 18.0 Å². The third-order valence-electron chi connectivity index (χ3n) is 4.63. The molecule has 0 heterocycles. The molecule has 0 radical (unpaired) electrons. The van der Waals surface area contributed by atoms with Crippen LogP contribution < -0.4 is 5.32 Å². The Morgan fingerprint density at radius 1 is 1.00 bits per heavy atom. The number of benzene rings is 2. The van der Waals surface area contributed by atoms with Crippen LogP contribution in [0.15, 0.2) is 42.5 Å². The predicted octanol–water partition coefficient (Wildman–Crippen LogP) is 4.49. The fraction of sp³-hybridized carbons (Fsp3) is 0.364. The molecule has 0 saturated carbocycles. The van der Waals surface area contributed by atoms with E-state index in [2.05, 4.69) is 19.2 Å². The first-order chi connectivity index (χ1) is 12.9. The number of carbonyl (C=O) groups excluding carboxylic acids is 2. The number of hydrogen-bond acceptors (Lipinski definition) is 2. The second-order valence-electron chi connectivity index (χ2n) is 6.52. The van der Waals surface area contributed by atoms with Gasteiger partial charge in [-0.2, -0.15) is 0 Å². The first-order valence-electron chi connectivity index (χ1n) is 9.35. The van der Waals surface area contributed by atoms with Crippen LogP contribution in [0.1, 0.15) is 37.5 Å². The van der Waals surface area contributed by atoms with Crippen LogP contribution in [0.25, 0.3) is 0 Å². The fourth-order valence-corrected chi connectivity index (χ4v) is 3.14. The van der Waals surface area contributed by atoms with Gasteiger partial charge < -0.3 is 10.2 Å². The van der Waals surface area contributed by atoms with Crippen molar-refractivity contribution in [1.29, 1.82) is 0 Å². The lowest BCUT2D eigenvalue weighted by atomic mass is 10.0. The third kappa shape index (κ3) is 6.10. The van der Waals surface area contributed by atoms with Gasteiger partial charge in [0, 0.05) is 24.2 Å². The molecule has 0 aromatic heterocycles. The van der Waals surface area contributed by atoms with Gasteiger partial charge in [-0.05, 0) is 48.1 Å². The second-order valence-corrected chi connectivity index (χ2v) is 6.96. The maximum Gasteiger partial charge on any atom is 0.244 e. The summed E-state index contributed by atoms with van der Waals surface area (Å²) >= 11 is 5.90. The molecule has 0 bridgehead atoms. The Morgan fingerprint density at radius 3 is 2.11 bits per heavy atom. The normalized spacial score (nSPS) is 10.5. The molecule has 5 heteroatoms. The summed E-state index contributed by atoms with van der Waals surface area (Å²) in [6, 6.07) is 13.6. The van der Waals surface area contributed by atoms with Gasteiger partial charge in [0.1, 0.15) is 0 Å². The monoisotopic (exact) mass is 386 g/mol. The molecule has 2 amide bonds. The van der Waals surface area contributed by atoms with Gasteiger partial charge in [0.15, 0.2) is 0 Å². The van der Waals surface area contributed by atoms with Gasteiger partial charge >= 0.3 is 0 Å². The van der Waals surface area contributed by atoms with E-state index in [1.807, 2.05) is 42.5 Å². The summed E-state index contributed by atoms with van der Waals surface area (Å²) in [6.45, 7) is 6.16. The van der Waals surface area contributed by atoms with Gasteiger partial charge in [0.25, 0.3) is 0 Å². The molecule has 144 valence electrons. The maximum absolute atomic E-state index is 12.6. The highest BCUT2D eigenvalue weighted by Crippen LogP contribution is 2.22. The Balaban J connectivity index is 2.03. The second kappa shape index (κ2) is 10.1. The summed E-state index contributed by atoms with van der Waals surface area (Å²) in [6.07, 6.45) is 2.36. The number of rotatable bonds is 8. The molecule has 4 nitrogen and oxygen atoms in total. The zero-order chi connectivity index (χ0) is 19.8. The van der Waals surface area contributed by atoms with E-state index < -0.39 is 0 Å². The maximum atomic E-state index is 12.6. The van der Waals surface area contributed by atoms with E-state index in [1.165, 1.54) is 6.92 Å². The van der Waals surface area contributed by atoms with Crippen LogP contribution in [-0.4, -0.2) is 29.8 Å². The average Bonchev–Trinajstić information content (AvgIpc) is 2.66. The number of amides is 2. The summed E-state index contributed by atoms with van der Waals surface area (Å²) in [7, 11) is 0. The quantitative estimate of drug-likeness (QED) is 0.726. The van der Waals surface area contributed by atoms with Gasteiger partial charge in [0.2, 0.25) is 11.8 Å². The Hall–Kier alpha value is -2.33. The van der Waals surface area contributed by atoms with Gasteiger partial charge in [-0.25, -0.2) is 0 Å². The molecule has 2 aromatic rings. The van der Waals surface area contributed by atoms with E-state index in [1.54, 1.807) is 4.90 Å². The highest BCUT2D eigenvalue weighted by molar-refractivity contribution is 6.30. The lowest BCUT2D eigenvalue weighted by Crippen LogP contribution is -2.38. The highest BCUT2D eigenvalue weighted by atomic mass is 35.5. The number of nitrogens with one attached hydrogen (secondary N) is 1. The predicted molar refractivity (Wildman–Crippen MR) is 111 cm³/mol. The first-order valence-corrected chi connectivity index (χ1v) is 9.73. The summed E-state index contributed by atoms with van der Waals surface area (Å²) in [5.41, 5.74) is 4.18. The smallest absolute Gasteiger partial charge is 0.244 e. The van der Waals surface area contributed by atoms with Crippen LogP contribution in [0.5, 0.6) is 0 Å². The van der Waals surface area contributed by atoms with E-state index >= 15 is 0 Å². The summed E-state index contributed by atoms with van der Waals surface area (Å²) in [4.78, 5) is 26.1. The van der Waals surface area contributed by atoms with Crippen molar-refractivity contribution >= 4 is 29.1 Å². The molecular formula is C22H27ClN2O2. The molecule has 0 spiro atoms. The molecule has 0 aliphatic rings. The summed E-state index contributed by atoms with van der Waals surface area (Å²) < 4.78 is 0. The van der Waals surface area contributed by atoms with Crippen LogP contribution in [0.2, 0.25) is 5.02 Å². The first kappa shape index (κ1) is 21.0. The summed E-state index contributed by atoms with van der Waals surface area (Å²) in [5, 5.41) is 3.70. The van der Waals surface area contributed by atoms with Crippen molar-refractivity contribution in [3.8, 4) is 0 Å². The van der Waals surface area contributed by atoms with E-state index in [9.17, 15) is 9.59 Å². The number of aryl methyl sites for hydroxylation is 2. The van der Waals surface area contributed by atoms with Crippen LogP contribution in [-0.2, 0) is 28.9 Å². The van der Waals surface area contributed by atoms with Crippen molar-refractivity contribution in [3.63, 3.8) is 0 Å². The molecule has 2 aromatic carbocycles. The molecule has 0 aliphatic heterocycles. The van der Waals surface area contributed by atoms with Crippen molar-refractivity contribution < 1.29 is 9.59 Å². The molecule has 27 heavy (non-hydrogen) atoms. The minimum Gasteiger partial charge on any atom is -0.333 e. The Morgan fingerprint density at radius 2 is 1.59 bits per heavy atom. The largest absolute Gasteiger partial charge is 0.333 e.